The summed E-state index contributed by atoms with van der Waals surface area (Å²) in [5.41, 5.74) is -0.413. The van der Waals surface area contributed by atoms with E-state index in [1.807, 2.05) is 6.92 Å². The number of hydrogen-bond donors (Lipinski definition) is 0. The van der Waals surface area contributed by atoms with Crippen LogP contribution in [0, 0.1) is 11.8 Å². The van der Waals surface area contributed by atoms with Gasteiger partial charge in [0, 0.05) is 0 Å². The molecule has 0 aromatic carbocycles. The minimum atomic E-state index is -0.304. The molecule has 0 N–H and O–H groups in total. The molecular formula is C13H25O2P. The van der Waals surface area contributed by atoms with Crippen molar-refractivity contribution in [2.24, 2.45) is 11.8 Å². The molecule has 2 unspecified atom stereocenters. The predicted octanol–water partition coefficient (Wildman–Crippen LogP) is 3.40. The molecule has 1 aliphatic rings. The van der Waals surface area contributed by atoms with Gasteiger partial charge in [0.05, 0.1) is 5.66 Å². The molecule has 1 rings (SSSR count). The van der Waals surface area contributed by atoms with Crippen LogP contribution in [0.3, 0.4) is 0 Å². The number of carbonyl (C=O) groups is 1. The minimum Gasteiger partial charge on any atom is -0.459 e. The third kappa shape index (κ3) is 3.73. The molecule has 0 spiro atoms. The molecule has 1 saturated carbocycles. The largest absolute Gasteiger partial charge is 0.459 e. The van der Waals surface area contributed by atoms with Crippen LogP contribution in [-0.4, -0.2) is 17.2 Å². The highest BCUT2D eigenvalue weighted by molar-refractivity contribution is 7.19. The summed E-state index contributed by atoms with van der Waals surface area (Å²) in [4.78, 5) is 11.6. The Morgan fingerprint density at radius 2 is 1.81 bits per heavy atom. The van der Waals surface area contributed by atoms with Gasteiger partial charge in [-0.25, -0.2) is 0 Å². The van der Waals surface area contributed by atoms with Crippen molar-refractivity contribution in [1.82, 2.24) is 0 Å². The standard InChI is InChI=1S/C13H25O2P/c1-9-5-7-11(8-6-9)13(3,4)15-12(14)10(2)16/h9-11H,5-8,16H2,1-4H3. The van der Waals surface area contributed by atoms with E-state index in [1.165, 1.54) is 25.7 Å². The molecule has 0 aliphatic heterocycles. The van der Waals surface area contributed by atoms with Crippen LogP contribution in [-0.2, 0) is 9.53 Å². The van der Waals surface area contributed by atoms with E-state index in [0.29, 0.717) is 5.92 Å². The van der Waals surface area contributed by atoms with Gasteiger partial charge >= 0.3 is 5.97 Å². The molecule has 0 radical (unpaired) electrons. The van der Waals surface area contributed by atoms with Gasteiger partial charge in [0.2, 0.25) is 0 Å². The Bertz CT molecular complexity index is 240. The highest BCUT2D eigenvalue weighted by Gasteiger charge is 2.35. The first kappa shape index (κ1) is 14.0. The Labute approximate surface area is 102 Å². The lowest BCUT2D eigenvalue weighted by atomic mass is 9.75. The molecule has 0 bridgehead atoms. The van der Waals surface area contributed by atoms with Crippen molar-refractivity contribution in [3.8, 4) is 0 Å². The molecule has 16 heavy (non-hydrogen) atoms. The zero-order chi connectivity index (χ0) is 12.3. The predicted molar refractivity (Wildman–Crippen MR) is 70.5 cm³/mol. The van der Waals surface area contributed by atoms with Crippen LogP contribution in [0.4, 0.5) is 0 Å². The van der Waals surface area contributed by atoms with E-state index >= 15 is 0 Å². The monoisotopic (exact) mass is 244 g/mol. The van der Waals surface area contributed by atoms with E-state index in [2.05, 4.69) is 30.0 Å². The van der Waals surface area contributed by atoms with Gasteiger partial charge in [0.15, 0.2) is 0 Å². The summed E-state index contributed by atoms with van der Waals surface area (Å²) in [6.07, 6.45) is 4.91. The summed E-state index contributed by atoms with van der Waals surface area (Å²) in [5, 5.41) is 0. The summed E-state index contributed by atoms with van der Waals surface area (Å²) in [6.45, 7) is 8.27. The molecule has 0 aromatic heterocycles. The van der Waals surface area contributed by atoms with Gasteiger partial charge in [-0.05, 0) is 45.4 Å². The van der Waals surface area contributed by atoms with Crippen LogP contribution in [0.25, 0.3) is 0 Å². The number of ether oxygens (including phenoxy) is 1. The Balaban J connectivity index is 2.53. The fourth-order valence-electron chi connectivity index (χ4n) is 2.39. The summed E-state index contributed by atoms with van der Waals surface area (Å²) in [7, 11) is 2.50. The lowest BCUT2D eigenvalue weighted by Crippen LogP contribution is -2.40. The van der Waals surface area contributed by atoms with Crippen LogP contribution < -0.4 is 0 Å². The van der Waals surface area contributed by atoms with Gasteiger partial charge in [0.1, 0.15) is 5.60 Å². The average molecular weight is 244 g/mol. The van der Waals surface area contributed by atoms with Gasteiger partial charge < -0.3 is 4.74 Å². The van der Waals surface area contributed by atoms with Crippen LogP contribution in [0.15, 0.2) is 0 Å². The van der Waals surface area contributed by atoms with Crippen molar-refractivity contribution in [2.75, 3.05) is 0 Å². The molecule has 94 valence electrons. The first-order chi connectivity index (χ1) is 7.33. The Morgan fingerprint density at radius 1 is 1.31 bits per heavy atom. The Morgan fingerprint density at radius 3 is 2.25 bits per heavy atom. The zero-order valence-electron chi connectivity index (χ0n) is 11.0. The topological polar surface area (TPSA) is 26.3 Å². The quantitative estimate of drug-likeness (QED) is 0.562. The lowest BCUT2D eigenvalue weighted by molar-refractivity contribution is -0.162. The van der Waals surface area contributed by atoms with Crippen molar-refractivity contribution in [2.45, 2.75) is 64.6 Å². The van der Waals surface area contributed by atoms with Crippen LogP contribution in [0.5, 0.6) is 0 Å². The van der Waals surface area contributed by atoms with Crippen LogP contribution >= 0.6 is 9.24 Å². The van der Waals surface area contributed by atoms with Gasteiger partial charge in [-0.3, -0.25) is 4.79 Å². The highest BCUT2D eigenvalue weighted by atomic mass is 31.0. The third-order valence-electron chi connectivity index (χ3n) is 3.73. The first-order valence-corrected chi connectivity index (χ1v) is 6.98. The van der Waals surface area contributed by atoms with Crippen molar-refractivity contribution >= 4 is 15.2 Å². The van der Waals surface area contributed by atoms with Gasteiger partial charge in [-0.15, -0.1) is 9.24 Å². The van der Waals surface area contributed by atoms with Crippen molar-refractivity contribution in [3.05, 3.63) is 0 Å². The molecule has 0 saturated heterocycles. The molecule has 1 fully saturated rings. The normalized spacial score (nSPS) is 28.6. The maximum atomic E-state index is 11.6. The second kappa shape index (κ2) is 5.49. The SMILES string of the molecule is CC1CCC(C(C)(C)OC(=O)C(C)P)CC1. The first-order valence-electron chi connectivity index (χ1n) is 6.31. The van der Waals surface area contributed by atoms with Gasteiger partial charge in [-0.2, -0.15) is 0 Å². The number of hydrogen-bond acceptors (Lipinski definition) is 2. The van der Waals surface area contributed by atoms with E-state index in [1.54, 1.807) is 0 Å². The Hall–Kier alpha value is -0.100. The van der Waals surface area contributed by atoms with E-state index in [0.717, 1.165) is 5.92 Å². The summed E-state index contributed by atoms with van der Waals surface area (Å²) >= 11 is 0. The minimum absolute atomic E-state index is 0.103. The van der Waals surface area contributed by atoms with Crippen molar-refractivity contribution < 1.29 is 9.53 Å². The lowest BCUT2D eigenvalue weighted by Gasteiger charge is -2.38. The van der Waals surface area contributed by atoms with E-state index in [-0.39, 0.29) is 17.2 Å². The molecule has 0 amide bonds. The summed E-state index contributed by atoms with van der Waals surface area (Å²) in [5.74, 6) is 1.26. The maximum absolute atomic E-state index is 11.6. The van der Waals surface area contributed by atoms with Crippen molar-refractivity contribution in [1.29, 1.82) is 0 Å². The second-order valence-corrected chi connectivity index (χ2v) is 6.77. The van der Waals surface area contributed by atoms with E-state index in [4.69, 9.17) is 4.74 Å². The molecular weight excluding hydrogens is 219 g/mol. The Kier molecular flexibility index (Phi) is 4.79. The number of carbonyl (C=O) groups excluding carboxylic acids is 1. The fraction of sp³-hybridized carbons (Fsp3) is 0.923. The maximum Gasteiger partial charge on any atom is 0.313 e. The molecule has 3 heteroatoms. The highest BCUT2D eigenvalue weighted by Crippen LogP contribution is 2.37. The van der Waals surface area contributed by atoms with Crippen LogP contribution in [0.2, 0.25) is 0 Å². The fourth-order valence-corrected chi connectivity index (χ4v) is 2.46. The molecule has 2 nitrogen and oxygen atoms in total. The molecule has 2 atom stereocenters. The van der Waals surface area contributed by atoms with E-state index < -0.39 is 0 Å². The van der Waals surface area contributed by atoms with Gasteiger partial charge in [-0.1, -0.05) is 19.8 Å². The van der Waals surface area contributed by atoms with E-state index in [9.17, 15) is 4.79 Å². The van der Waals surface area contributed by atoms with Crippen LogP contribution in [0.1, 0.15) is 53.4 Å². The second-order valence-electron chi connectivity index (χ2n) is 5.77. The van der Waals surface area contributed by atoms with Gasteiger partial charge in [0.25, 0.3) is 0 Å². The van der Waals surface area contributed by atoms with Crippen molar-refractivity contribution in [3.63, 3.8) is 0 Å². The smallest absolute Gasteiger partial charge is 0.313 e. The average Bonchev–Trinajstić information content (AvgIpc) is 2.17. The third-order valence-corrected chi connectivity index (χ3v) is 4.01. The summed E-state index contributed by atoms with van der Waals surface area (Å²) < 4.78 is 5.61. The number of esters is 1. The molecule has 0 heterocycles. The summed E-state index contributed by atoms with van der Waals surface area (Å²) in [6, 6.07) is 0. The zero-order valence-corrected chi connectivity index (χ0v) is 12.1. The molecule has 1 aliphatic carbocycles. The number of rotatable bonds is 3. The molecule has 0 aromatic rings.